The molecule has 1 aromatic rings. The van der Waals surface area contributed by atoms with E-state index in [1.54, 1.807) is 4.90 Å². The van der Waals surface area contributed by atoms with Crippen LogP contribution in [0.4, 0.5) is 0 Å². The number of likely N-dealkylation sites (tertiary alicyclic amines) is 1. The van der Waals surface area contributed by atoms with Crippen molar-refractivity contribution in [2.45, 2.75) is 18.8 Å². The average molecular weight is 227 g/mol. The Bertz CT molecular complexity index is 419. The predicted molar refractivity (Wildman–Crippen MR) is 53.9 cm³/mol. The van der Waals surface area contributed by atoms with Gasteiger partial charge in [0.15, 0.2) is 5.75 Å². The molecule has 0 amide bonds. The summed E-state index contributed by atoms with van der Waals surface area (Å²) in [5, 5.41) is 27.6. The molecular weight excluding hydrogens is 214 g/mol. The van der Waals surface area contributed by atoms with Crippen LogP contribution in [0.3, 0.4) is 0 Å². The lowest BCUT2D eigenvalue weighted by Gasteiger charge is -2.13. The molecule has 6 heteroatoms. The van der Waals surface area contributed by atoms with E-state index < -0.39 is 23.4 Å². The quantitative estimate of drug-likeness (QED) is 0.592. The number of hydrogen-bond acceptors (Lipinski definition) is 6. The van der Waals surface area contributed by atoms with Gasteiger partial charge in [-0.25, -0.2) is 0 Å². The van der Waals surface area contributed by atoms with Crippen LogP contribution in [0, 0.1) is 0 Å². The van der Waals surface area contributed by atoms with Crippen LogP contribution in [0.15, 0.2) is 21.5 Å². The second-order valence-corrected chi connectivity index (χ2v) is 3.92. The van der Waals surface area contributed by atoms with Crippen molar-refractivity contribution in [1.82, 2.24) is 4.90 Å². The van der Waals surface area contributed by atoms with Gasteiger partial charge in [-0.05, 0) is 0 Å². The van der Waals surface area contributed by atoms with Crippen molar-refractivity contribution in [3.05, 3.63) is 28.3 Å². The number of aromatic hydroxyl groups is 1. The van der Waals surface area contributed by atoms with Crippen LogP contribution < -0.4 is 5.43 Å². The molecule has 1 aliphatic heterocycles. The van der Waals surface area contributed by atoms with Gasteiger partial charge in [-0.1, -0.05) is 0 Å². The molecule has 1 saturated heterocycles. The molecule has 0 saturated carbocycles. The third-order valence-electron chi connectivity index (χ3n) is 2.58. The van der Waals surface area contributed by atoms with Gasteiger partial charge in [-0.15, -0.1) is 0 Å². The molecule has 0 radical (unpaired) electrons. The molecule has 2 atom stereocenters. The molecule has 16 heavy (non-hydrogen) atoms. The molecule has 3 N–H and O–H groups in total. The summed E-state index contributed by atoms with van der Waals surface area (Å²) in [6.45, 7) is 1.00. The third-order valence-corrected chi connectivity index (χ3v) is 2.58. The molecule has 0 aromatic carbocycles. The highest BCUT2D eigenvalue weighted by Crippen LogP contribution is 2.14. The first-order valence-corrected chi connectivity index (χ1v) is 4.95. The SMILES string of the molecule is O=c1cc(CN2C[C@@H](O)[C@@H](O)C2)occ1O. The van der Waals surface area contributed by atoms with Crippen molar-refractivity contribution in [1.29, 1.82) is 0 Å². The summed E-state index contributed by atoms with van der Waals surface area (Å²) >= 11 is 0. The maximum atomic E-state index is 11.1. The highest BCUT2D eigenvalue weighted by molar-refractivity contribution is 5.15. The zero-order valence-corrected chi connectivity index (χ0v) is 8.54. The molecule has 0 spiro atoms. The summed E-state index contributed by atoms with van der Waals surface area (Å²) in [7, 11) is 0. The number of β-amino-alcohol motifs (C(OH)–C–C–N with tert-alkyl or cyclic N) is 2. The van der Waals surface area contributed by atoms with Crippen LogP contribution in [0.5, 0.6) is 5.75 Å². The number of aliphatic hydroxyl groups is 2. The summed E-state index contributed by atoms with van der Waals surface area (Å²) in [5.74, 6) is -0.0330. The first kappa shape index (κ1) is 11.1. The maximum Gasteiger partial charge on any atom is 0.226 e. The van der Waals surface area contributed by atoms with E-state index in [1.807, 2.05) is 0 Å². The topological polar surface area (TPSA) is 94.1 Å². The van der Waals surface area contributed by atoms with Gasteiger partial charge in [0.1, 0.15) is 12.0 Å². The van der Waals surface area contributed by atoms with Crippen LogP contribution in [-0.2, 0) is 6.54 Å². The molecule has 0 bridgehead atoms. The standard InChI is InChI=1S/C10H13NO5/c12-7-1-6(16-5-10(7)15)2-11-3-8(13)9(14)4-11/h1,5,8-9,13-15H,2-4H2/t8-,9+. The highest BCUT2D eigenvalue weighted by Gasteiger charge is 2.29. The Labute approximate surface area is 91.4 Å². The van der Waals surface area contributed by atoms with E-state index >= 15 is 0 Å². The van der Waals surface area contributed by atoms with E-state index in [2.05, 4.69) is 0 Å². The van der Waals surface area contributed by atoms with E-state index in [0.717, 1.165) is 6.26 Å². The monoisotopic (exact) mass is 227 g/mol. The summed E-state index contributed by atoms with van der Waals surface area (Å²) in [5.41, 5.74) is -0.499. The molecule has 2 rings (SSSR count). The number of hydrogen-bond donors (Lipinski definition) is 3. The molecule has 1 aliphatic rings. The predicted octanol–water partition coefficient (Wildman–Crippen LogP) is -1.12. The average Bonchev–Trinajstić information content (AvgIpc) is 2.52. The van der Waals surface area contributed by atoms with Crippen molar-refractivity contribution >= 4 is 0 Å². The molecule has 2 heterocycles. The summed E-state index contributed by atoms with van der Waals surface area (Å²) in [6.07, 6.45) is -0.534. The first-order chi connectivity index (χ1) is 7.56. The minimum Gasteiger partial charge on any atom is -0.502 e. The van der Waals surface area contributed by atoms with Crippen molar-refractivity contribution in [2.24, 2.45) is 0 Å². The van der Waals surface area contributed by atoms with Crippen LogP contribution in [0.2, 0.25) is 0 Å². The van der Waals surface area contributed by atoms with E-state index in [-0.39, 0.29) is 0 Å². The van der Waals surface area contributed by atoms with Crippen molar-refractivity contribution in [3.8, 4) is 5.75 Å². The zero-order valence-electron chi connectivity index (χ0n) is 8.54. The van der Waals surface area contributed by atoms with Gasteiger partial charge in [0.25, 0.3) is 0 Å². The molecule has 88 valence electrons. The smallest absolute Gasteiger partial charge is 0.226 e. The number of aliphatic hydroxyl groups excluding tert-OH is 2. The van der Waals surface area contributed by atoms with Crippen molar-refractivity contribution in [2.75, 3.05) is 13.1 Å². The van der Waals surface area contributed by atoms with Gasteiger partial charge in [-0.3, -0.25) is 9.69 Å². The second-order valence-electron chi connectivity index (χ2n) is 3.92. The lowest BCUT2D eigenvalue weighted by Crippen LogP contribution is -2.22. The molecule has 0 aliphatic carbocycles. The van der Waals surface area contributed by atoms with Crippen LogP contribution >= 0.6 is 0 Å². The highest BCUT2D eigenvalue weighted by atomic mass is 16.4. The molecular formula is C10H13NO5. The summed E-state index contributed by atoms with van der Waals surface area (Å²) < 4.78 is 5.02. The van der Waals surface area contributed by atoms with Gasteiger partial charge >= 0.3 is 0 Å². The van der Waals surface area contributed by atoms with E-state index in [0.29, 0.717) is 25.4 Å². The van der Waals surface area contributed by atoms with Gasteiger partial charge in [0.05, 0.1) is 18.8 Å². The Morgan fingerprint density at radius 2 is 2.00 bits per heavy atom. The van der Waals surface area contributed by atoms with Crippen LogP contribution in [-0.4, -0.2) is 45.5 Å². The zero-order chi connectivity index (χ0) is 11.7. The normalized spacial score (nSPS) is 26.1. The van der Waals surface area contributed by atoms with E-state index in [4.69, 9.17) is 9.52 Å². The Kier molecular flexibility index (Phi) is 2.95. The van der Waals surface area contributed by atoms with Gasteiger partial charge in [-0.2, -0.15) is 0 Å². The Morgan fingerprint density at radius 1 is 1.38 bits per heavy atom. The largest absolute Gasteiger partial charge is 0.502 e. The van der Waals surface area contributed by atoms with Crippen molar-refractivity contribution in [3.63, 3.8) is 0 Å². The minimum atomic E-state index is -0.760. The van der Waals surface area contributed by atoms with E-state index in [1.165, 1.54) is 6.07 Å². The lowest BCUT2D eigenvalue weighted by atomic mass is 10.3. The number of nitrogens with zero attached hydrogens (tertiary/aromatic N) is 1. The third kappa shape index (κ3) is 2.24. The fourth-order valence-corrected chi connectivity index (χ4v) is 1.72. The molecule has 1 fully saturated rings. The molecule has 6 nitrogen and oxygen atoms in total. The minimum absolute atomic E-state index is 0.323. The Hall–Kier alpha value is -1.37. The fraction of sp³-hybridized carbons (Fsp3) is 0.500. The van der Waals surface area contributed by atoms with Gasteiger partial charge < -0.3 is 19.7 Å². The maximum absolute atomic E-state index is 11.1. The summed E-state index contributed by atoms with van der Waals surface area (Å²) in [6, 6.07) is 1.20. The Balaban J connectivity index is 2.05. The van der Waals surface area contributed by atoms with E-state index in [9.17, 15) is 15.0 Å². The van der Waals surface area contributed by atoms with Crippen molar-refractivity contribution < 1.29 is 19.7 Å². The Morgan fingerprint density at radius 3 is 2.56 bits per heavy atom. The van der Waals surface area contributed by atoms with Gasteiger partial charge in [0.2, 0.25) is 5.43 Å². The molecule has 1 aromatic heterocycles. The van der Waals surface area contributed by atoms with Crippen LogP contribution in [0.1, 0.15) is 5.76 Å². The summed E-state index contributed by atoms with van der Waals surface area (Å²) in [4.78, 5) is 12.9. The second kappa shape index (κ2) is 4.25. The first-order valence-electron chi connectivity index (χ1n) is 4.95. The fourth-order valence-electron chi connectivity index (χ4n) is 1.72. The van der Waals surface area contributed by atoms with Crippen LogP contribution in [0.25, 0.3) is 0 Å². The lowest BCUT2D eigenvalue weighted by molar-refractivity contribution is 0.0572. The molecule has 0 unspecified atom stereocenters. The van der Waals surface area contributed by atoms with Gasteiger partial charge in [0, 0.05) is 19.2 Å². The number of rotatable bonds is 2.